The summed E-state index contributed by atoms with van der Waals surface area (Å²) in [5.74, 6) is 1.18. The van der Waals surface area contributed by atoms with Crippen molar-refractivity contribution >= 4 is 10.9 Å². The molecule has 0 aliphatic carbocycles. The van der Waals surface area contributed by atoms with Gasteiger partial charge in [0.1, 0.15) is 0 Å². The van der Waals surface area contributed by atoms with E-state index in [1.807, 2.05) is 37.4 Å². The summed E-state index contributed by atoms with van der Waals surface area (Å²) in [6, 6.07) is 9.81. The minimum Gasteiger partial charge on any atom is -0.334 e. The molecule has 0 saturated carbocycles. The van der Waals surface area contributed by atoms with Gasteiger partial charge >= 0.3 is 0 Å². The van der Waals surface area contributed by atoms with E-state index in [0.29, 0.717) is 18.3 Å². The molecule has 18 heavy (non-hydrogen) atoms. The van der Waals surface area contributed by atoms with E-state index in [1.54, 1.807) is 6.20 Å². The molecule has 90 valence electrons. The minimum absolute atomic E-state index is 0.533. The number of aromatic nitrogens is 3. The van der Waals surface area contributed by atoms with Crippen molar-refractivity contribution in [3.63, 3.8) is 0 Å². The smallest absolute Gasteiger partial charge is 0.257 e. The fourth-order valence-corrected chi connectivity index (χ4v) is 1.81. The lowest BCUT2D eigenvalue weighted by molar-refractivity contribution is 0.421. The van der Waals surface area contributed by atoms with E-state index in [-0.39, 0.29) is 0 Å². The topological polar surface area (TPSA) is 63.8 Å². The second-order valence-corrected chi connectivity index (χ2v) is 3.96. The van der Waals surface area contributed by atoms with Crippen molar-refractivity contribution in [2.45, 2.75) is 6.54 Å². The van der Waals surface area contributed by atoms with Crippen LogP contribution < -0.4 is 5.32 Å². The molecule has 0 spiro atoms. The van der Waals surface area contributed by atoms with Crippen molar-refractivity contribution in [1.29, 1.82) is 0 Å². The molecule has 2 aromatic heterocycles. The molecule has 0 radical (unpaired) electrons. The fraction of sp³-hybridized carbons (Fsp3) is 0.154. The predicted octanol–water partition coefficient (Wildman–Crippen LogP) is 2.00. The van der Waals surface area contributed by atoms with Gasteiger partial charge in [-0.1, -0.05) is 11.2 Å². The van der Waals surface area contributed by atoms with E-state index in [2.05, 4.69) is 20.4 Å². The van der Waals surface area contributed by atoms with E-state index in [0.717, 1.165) is 16.5 Å². The van der Waals surface area contributed by atoms with Gasteiger partial charge in [0.05, 0.1) is 12.1 Å². The Morgan fingerprint density at radius 1 is 1.28 bits per heavy atom. The zero-order chi connectivity index (χ0) is 12.4. The number of rotatable bonds is 3. The third-order valence-corrected chi connectivity index (χ3v) is 2.65. The zero-order valence-corrected chi connectivity index (χ0v) is 9.92. The van der Waals surface area contributed by atoms with Crippen molar-refractivity contribution in [3.8, 4) is 11.5 Å². The molecule has 0 aliphatic rings. The van der Waals surface area contributed by atoms with Gasteiger partial charge in [-0.3, -0.25) is 4.98 Å². The number of benzene rings is 1. The molecule has 0 atom stereocenters. The Bertz CT molecular complexity index is 677. The highest BCUT2D eigenvalue weighted by Gasteiger charge is 2.08. The van der Waals surface area contributed by atoms with Crippen LogP contribution in [0, 0.1) is 0 Å². The molecule has 1 N–H and O–H groups in total. The maximum absolute atomic E-state index is 5.23. The van der Waals surface area contributed by atoms with Gasteiger partial charge in [-0.2, -0.15) is 4.98 Å². The van der Waals surface area contributed by atoms with E-state index in [4.69, 9.17) is 4.52 Å². The van der Waals surface area contributed by atoms with Crippen LogP contribution in [0.2, 0.25) is 0 Å². The van der Waals surface area contributed by atoms with E-state index in [1.165, 1.54) is 0 Å². The summed E-state index contributed by atoms with van der Waals surface area (Å²) in [4.78, 5) is 8.59. The Morgan fingerprint density at radius 3 is 3.11 bits per heavy atom. The SMILES string of the molecule is CNCc1noc(-c2ccc3ncccc3c2)n1. The first kappa shape index (κ1) is 10.9. The quantitative estimate of drug-likeness (QED) is 0.758. The van der Waals surface area contributed by atoms with Gasteiger partial charge in [0, 0.05) is 17.1 Å². The summed E-state index contributed by atoms with van der Waals surface area (Å²) in [7, 11) is 1.84. The van der Waals surface area contributed by atoms with Gasteiger partial charge in [0.25, 0.3) is 5.89 Å². The van der Waals surface area contributed by atoms with Crippen LogP contribution in [0.5, 0.6) is 0 Å². The highest BCUT2D eigenvalue weighted by molar-refractivity contribution is 5.82. The highest BCUT2D eigenvalue weighted by atomic mass is 16.5. The molecule has 2 heterocycles. The van der Waals surface area contributed by atoms with Crippen molar-refractivity contribution in [3.05, 3.63) is 42.4 Å². The molecule has 5 heteroatoms. The first-order chi connectivity index (χ1) is 8.86. The molecule has 3 rings (SSSR count). The van der Waals surface area contributed by atoms with Crippen LogP contribution in [0.25, 0.3) is 22.4 Å². The van der Waals surface area contributed by atoms with Crippen LogP contribution >= 0.6 is 0 Å². The zero-order valence-electron chi connectivity index (χ0n) is 9.92. The Kier molecular flexibility index (Phi) is 2.74. The van der Waals surface area contributed by atoms with Crippen LogP contribution in [0.4, 0.5) is 0 Å². The lowest BCUT2D eigenvalue weighted by Crippen LogP contribution is -2.06. The number of nitrogens with zero attached hydrogens (tertiary/aromatic N) is 3. The molecule has 0 amide bonds. The van der Waals surface area contributed by atoms with Gasteiger partial charge in [-0.25, -0.2) is 0 Å². The van der Waals surface area contributed by atoms with Gasteiger partial charge in [-0.15, -0.1) is 0 Å². The molecular weight excluding hydrogens is 228 g/mol. The van der Waals surface area contributed by atoms with Crippen molar-refractivity contribution in [1.82, 2.24) is 20.4 Å². The summed E-state index contributed by atoms with van der Waals surface area (Å²) in [5.41, 5.74) is 1.86. The maximum Gasteiger partial charge on any atom is 0.257 e. The van der Waals surface area contributed by atoms with Gasteiger partial charge in [0.15, 0.2) is 5.82 Å². The summed E-state index contributed by atoms with van der Waals surface area (Å²) < 4.78 is 5.23. The average molecular weight is 240 g/mol. The molecular formula is C13H12N4O. The molecule has 5 nitrogen and oxygen atoms in total. The minimum atomic E-state index is 0.533. The predicted molar refractivity (Wildman–Crippen MR) is 67.8 cm³/mol. The Hall–Kier alpha value is -2.27. The summed E-state index contributed by atoms with van der Waals surface area (Å²) in [6.45, 7) is 0.596. The van der Waals surface area contributed by atoms with E-state index in [9.17, 15) is 0 Å². The number of fused-ring (bicyclic) bond motifs is 1. The molecule has 0 fully saturated rings. The third kappa shape index (κ3) is 1.96. The van der Waals surface area contributed by atoms with Crippen LogP contribution in [0.3, 0.4) is 0 Å². The van der Waals surface area contributed by atoms with Crippen molar-refractivity contribution < 1.29 is 4.52 Å². The second kappa shape index (κ2) is 4.54. The lowest BCUT2D eigenvalue weighted by atomic mass is 10.1. The summed E-state index contributed by atoms with van der Waals surface area (Å²) in [5, 5.41) is 7.94. The summed E-state index contributed by atoms with van der Waals surface area (Å²) >= 11 is 0. The number of hydrogen-bond acceptors (Lipinski definition) is 5. The number of hydrogen-bond donors (Lipinski definition) is 1. The standard InChI is InChI=1S/C13H12N4O/c1-14-8-12-16-13(18-17-12)10-4-5-11-9(7-10)3-2-6-15-11/h2-7,14H,8H2,1H3. The highest BCUT2D eigenvalue weighted by Crippen LogP contribution is 2.21. The fourth-order valence-electron chi connectivity index (χ4n) is 1.81. The Labute approximate surface area is 104 Å². The third-order valence-electron chi connectivity index (χ3n) is 2.65. The molecule has 3 aromatic rings. The largest absolute Gasteiger partial charge is 0.334 e. The van der Waals surface area contributed by atoms with Gasteiger partial charge < -0.3 is 9.84 Å². The first-order valence-corrected chi connectivity index (χ1v) is 5.69. The van der Waals surface area contributed by atoms with E-state index >= 15 is 0 Å². The molecule has 0 unspecified atom stereocenters. The van der Waals surface area contributed by atoms with Crippen molar-refractivity contribution in [2.24, 2.45) is 0 Å². The lowest BCUT2D eigenvalue weighted by Gasteiger charge is -1.98. The van der Waals surface area contributed by atoms with Crippen LogP contribution in [0.1, 0.15) is 5.82 Å². The van der Waals surface area contributed by atoms with Crippen molar-refractivity contribution in [2.75, 3.05) is 7.05 Å². The second-order valence-electron chi connectivity index (χ2n) is 3.96. The van der Waals surface area contributed by atoms with Gasteiger partial charge in [-0.05, 0) is 31.3 Å². The summed E-state index contributed by atoms with van der Waals surface area (Å²) in [6.07, 6.45) is 1.78. The molecule has 0 saturated heterocycles. The molecule has 1 aromatic carbocycles. The monoisotopic (exact) mass is 240 g/mol. The van der Waals surface area contributed by atoms with Crippen LogP contribution in [-0.2, 0) is 6.54 Å². The first-order valence-electron chi connectivity index (χ1n) is 5.69. The maximum atomic E-state index is 5.23. The Morgan fingerprint density at radius 2 is 2.22 bits per heavy atom. The van der Waals surface area contributed by atoms with Crippen LogP contribution in [-0.4, -0.2) is 22.2 Å². The Balaban J connectivity index is 2.02. The molecule has 0 bridgehead atoms. The van der Waals surface area contributed by atoms with Gasteiger partial charge in [0.2, 0.25) is 0 Å². The number of pyridine rings is 1. The number of nitrogens with one attached hydrogen (secondary N) is 1. The molecule has 0 aliphatic heterocycles. The normalized spacial score (nSPS) is 10.9. The average Bonchev–Trinajstić information content (AvgIpc) is 2.87. The van der Waals surface area contributed by atoms with E-state index < -0.39 is 0 Å². The van der Waals surface area contributed by atoms with Crippen LogP contribution in [0.15, 0.2) is 41.1 Å².